The second-order valence-corrected chi connectivity index (χ2v) is 9.42. The highest BCUT2D eigenvalue weighted by atomic mass is 16.5. The average molecular weight is 463 g/mol. The summed E-state index contributed by atoms with van der Waals surface area (Å²) < 4.78 is 13.4. The Morgan fingerprint density at radius 2 is 1.71 bits per heavy atom. The molecule has 0 spiro atoms. The van der Waals surface area contributed by atoms with E-state index in [2.05, 4.69) is 59.0 Å². The van der Waals surface area contributed by atoms with Gasteiger partial charge in [-0.25, -0.2) is 0 Å². The summed E-state index contributed by atoms with van der Waals surface area (Å²) in [6.45, 7) is 4.77. The first-order valence-electron chi connectivity index (χ1n) is 12.5. The van der Waals surface area contributed by atoms with Gasteiger partial charge in [0.05, 0.1) is 7.11 Å². The summed E-state index contributed by atoms with van der Waals surface area (Å²) >= 11 is 0. The predicted octanol–water partition coefficient (Wildman–Crippen LogP) is 5.43. The fourth-order valence-electron chi connectivity index (χ4n) is 4.90. The van der Waals surface area contributed by atoms with E-state index in [9.17, 15) is 5.11 Å². The summed E-state index contributed by atoms with van der Waals surface area (Å²) in [6, 6.07) is 20.9. The molecule has 5 heteroatoms. The molecule has 1 fully saturated rings. The van der Waals surface area contributed by atoms with Crippen LogP contribution in [0.2, 0.25) is 0 Å². The lowest BCUT2D eigenvalue weighted by atomic mass is 9.94. The van der Waals surface area contributed by atoms with Crippen LogP contribution in [-0.2, 0) is 13.1 Å². The Hall–Kier alpha value is -2.76. The Morgan fingerprint density at radius 3 is 2.44 bits per heavy atom. The first-order chi connectivity index (χ1) is 16.6. The van der Waals surface area contributed by atoms with Crippen molar-refractivity contribution in [3.63, 3.8) is 0 Å². The highest BCUT2D eigenvalue weighted by Gasteiger charge is 2.24. The van der Waals surface area contributed by atoms with E-state index in [1.54, 1.807) is 7.11 Å². The minimum Gasteiger partial charge on any atom is -0.497 e. The molecule has 0 amide bonds. The molecule has 4 rings (SSSR count). The van der Waals surface area contributed by atoms with Gasteiger partial charge >= 0.3 is 0 Å². The van der Waals surface area contributed by atoms with Gasteiger partial charge in [0.1, 0.15) is 24.2 Å². The lowest BCUT2D eigenvalue weighted by Gasteiger charge is -2.35. The summed E-state index contributed by atoms with van der Waals surface area (Å²) in [6.07, 6.45) is 7.87. The molecule has 0 saturated heterocycles. The Morgan fingerprint density at radius 1 is 0.971 bits per heavy atom. The van der Waals surface area contributed by atoms with Gasteiger partial charge in [-0.15, -0.1) is 0 Å². The summed E-state index contributed by atoms with van der Waals surface area (Å²) in [4.78, 5) is 2.48. The molecule has 1 aromatic heterocycles. The summed E-state index contributed by atoms with van der Waals surface area (Å²) in [5.41, 5.74) is 3.95. The van der Waals surface area contributed by atoms with Gasteiger partial charge in [-0.2, -0.15) is 0 Å². The van der Waals surface area contributed by atoms with E-state index >= 15 is 0 Å². The van der Waals surface area contributed by atoms with Gasteiger partial charge in [0.2, 0.25) is 0 Å². The van der Waals surface area contributed by atoms with Crippen molar-refractivity contribution in [3.8, 4) is 11.5 Å². The van der Waals surface area contributed by atoms with Crippen LogP contribution in [0.25, 0.3) is 0 Å². The van der Waals surface area contributed by atoms with E-state index in [0.717, 1.165) is 24.6 Å². The molecule has 1 atom stereocenters. The zero-order valence-electron chi connectivity index (χ0n) is 20.5. The molecule has 3 aromatic rings. The maximum Gasteiger partial charge on any atom is 0.119 e. The van der Waals surface area contributed by atoms with Gasteiger partial charge in [0.25, 0.3) is 0 Å². The number of rotatable bonds is 11. The lowest BCUT2D eigenvalue weighted by molar-refractivity contribution is 0.0388. The molecule has 1 aliphatic carbocycles. The van der Waals surface area contributed by atoms with Crippen LogP contribution in [0.5, 0.6) is 11.5 Å². The van der Waals surface area contributed by atoms with Crippen molar-refractivity contribution < 1.29 is 14.6 Å². The highest BCUT2D eigenvalue weighted by molar-refractivity contribution is 5.31. The van der Waals surface area contributed by atoms with Crippen molar-refractivity contribution in [3.05, 3.63) is 83.7 Å². The second kappa shape index (κ2) is 12.1. The number of aromatic nitrogens is 1. The van der Waals surface area contributed by atoms with Crippen molar-refractivity contribution >= 4 is 0 Å². The molecule has 2 aromatic carbocycles. The van der Waals surface area contributed by atoms with Crippen LogP contribution in [0.3, 0.4) is 0 Å². The fourth-order valence-corrected chi connectivity index (χ4v) is 4.90. The zero-order chi connectivity index (χ0) is 23.8. The molecular formula is C29H38N2O3. The summed E-state index contributed by atoms with van der Waals surface area (Å²) in [7, 11) is 1.65. The largest absolute Gasteiger partial charge is 0.497 e. The van der Waals surface area contributed by atoms with Crippen LogP contribution in [-0.4, -0.2) is 47.0 Å². The molecule has 0 unspecified atom stereocenters. The minimum atomic E-state index is -0.552. The van der Waals surface area contributed by atoms with Gasteiger partial charge in [0, 0.05) is 37.6 Å². The first-order valence-corrected chi connectivity index (χ1v) is 12.5. The molecule has 1 aliphatic rings. The van der Waals surface area contributed by atoms with E-state index in [0.29, 0.717) is 12.6 Å². The van der Waals surface area contributed by atoms with Crippen LogP contribution in [0, 0.1) is 6.92 Å². The van der Waals surface area contributed by atoms with E-state index in [1.165, 1.54) is 48.9 Å². The fraction of sp³-hybridized carbons (Fsp3) is 0.448. The number of nitrogens with zero attached hydrogens (tertiary/aromatic N) is 2. The van der Waals surface area contributed by atoms with Gasteiger partial charge < -0.3 is 19.1 Å². The molecule has 0 radical (unpaired) electrons. The molecule has 1 saturated carbocycles. The maximum absolute atomic E-state index is 10.9. The third kappa shape index (κ3) is 6.64. The minimum absolute atomic E-state index is 0.278. The number of aryl methyl sites for hydroxylation is 1. The molecule has 5 nitrogen and oxygen atoms in total. The number of aliphatic hydroxyl groups is 1. The molecule has 1 N–H and O–H groups in total. The molecular weight excluding hydrogens is 424 g/mol. The molecule has 0 bridgehead atoms. The van der Waals surface area contributed by atoms with Crippen molar-refractivity contribution in [1.29, 1.82) is 0 Å². The van der Waals surface area contributed by atoms with E-state index < -0.39 is 6.10 Å². The third-order valence-electron chi connectivity index (χ3n) is 6.93. The Balaban J connectivity index is 1.41. The number of methoxy groups -OCH3 is 1. The summed E-state index contributed by atoms with van der Waals surface area (Å²) in [5.74, 6) is 1.54. The van der Waals surface area contributed by atoms with Crippen molar-refractivity contribution in [2.24, 2.45) is 0 Å². The topological polar surface area (TPSA) is 46.9 Å². The van der Waals surface area contributed by atoms with Gasteiger partial charge in [-0.1, -0.05) is 43.5 Å². The smallest absolute Gasteiger partial charge is 0.119 e. The van der Waals surface area contributed by atoms with Crippen molar-refractivity contribution in [2.75, 3.05) is 20.3 Å². The van der Waals surface area contributed by atoms with Gasteiger partial charge in [-0.3, -0.25) is 4.90 Å². The van der Waals surface area contributed by atoms with E-state index in [-0.39, 0.29) is 6.61 Å². The molecule has 34 heavy (non-hydrogen) atoms. The van der Waals surface area contributed by atoms with Crippen LogP contribution >= 0.6 is 0 Å². The van der Waals surface area contributed by atoms with Crippen LogP contribution in [0.15, 0.2) is 66.9 Å². The van der Waals surface area contributed by atoms with Gasteiger partial charge in [-0.05, 0) is 67.3 Å². The van der Waals surface area contributed by atoms with E-state index in [1.807, 2.05) is 24.3 Å². The third-order valence-corrected chi connectivity index (χ3v) is 6.93. The lowest BCUT2D eigenvalue weighted by Crippen LogP contribution is -2.43. The number of aliphatic hydroxyl groups excluding tert-OH is 1. The quantitative estimate of drug-likeness (QED) is 0.413. The Labute approximate surface area is 203 Å². The Kier molecular flexibility index (Phi) is 8.67. The standard InChI is InChI=1S/C29H38N2O3/c1-23-9-6-7-10-24(23)19-30-18-8-13-26(30)20-31(25-11-4-3-5-12-25)21-27(32)22-34-29-16-14-28(33-2)15-17-29/h6-10,13-18,25,27,32H,3-5,11-12,19-22H2,1-2H3/t27-/m1/s1. The number of ether oxygens (including phenoxy) is 2. The molecule has 0 aliphatic heterocycles. The zero-order valence-corrected chi connectivity index (χ0v) is 20.5. The summed E-state index contributed by atoms with van der Waals surface area (Å²) in [5, 5.41) is 10.9. The SMILES string of the molecule is COc1ccc(OC[C@H](O)CN(Cc2cccn2Cc2ccccc2C)C2CCCCC2)cc1. The van der Waals surface area contributed by atoms with Crippen LogP contribution in [0.1, 0.15) is 48.9 Å². The maximum atomic E-state index is 10.9. The van der Waals surface area contributed by atoms with Crippen molar-refractivity contribution in [2.45, 2.75) is 64.3 Å². The Bertz CT molecular complexity index is 1010. The van der Waals surface area contributed by atoms with Gasteiger partial charge in [0.15, 0.2) is 0 Å². The predicted molar refractivity (Wildman–Crippen MR) is 136 cm³/mol. The number of hydrogen-bond acceptors (Lipinski definition) is 4. The normalized spacial score (nSPS) is 15.4. The van der Waals surface area contributed by atoms with E-state index in [4.69, 9.17) is 9.47 Å². The van der Waals surface area contributed by atoms with Crippen molar-refractivity contribution in [1.82, 2.24) is 9.47 Å². The number of benzene rings is 2. The number of hydrogen-bond donors (Lipinski definition) is 1. The van der Waals surface area contributed by atoms with Crippen LogP contribution in [0.4, 0.5) is 0 Å². The first kappa shape index (κ1) is 24.4. The molecule has 1 heterocycles. The monoisotopic (exact) mass is 462 g/mol. The van der Waals surface area contributed by atoms with Crippen LogP contribution < -0.4 is 9.47 Å². The molecule has 182 valence electrons. The second-order valence-electron chi connectivity index (χ2n) is 9.42. The highest BCUT2D eigenvalue weighted by Crippen LogP contribution is 2.25. The average Bonchev–Trinajstić information content (AvgIpc) is 3.31.